The molecule has 0 bridgehead atoms. The largest absolute Gasteiger partial charge is 0.442 e. The maximum absolute atomic E-state index is 13.1. The van der Waals surface area contributed by atoms with Gasteiger partial charge in [0.05, 0.1) is 23.8 Å². The van der Waals surface area contributed by atoms with Gasteiger partial charge in [-0.25, -0.2) is 9.80 Å². The van der Waals surface area contributed by atoms with Crippen molar-refractivity contribution in [3.63, 3.8) is 0 Å². The molecule has 1 amide bonds. The molecule has 0 spiro atoms. The van der Waals surface area contributed by atoms with E-state index in [4.69, 9.17) is 9.47 Å². The van der Waals surface area contributed by atoms with Crippen LogP contribution in [0.1, 0.15) is 31.9 Å². The molecule has 1 unspecified atom stereocenters. The van der Waals surface area contributed by atoms with E-state index in [1.165, 1.54) is 11.1 Å². The van der Waals surface area contributed by atoms with Gasteiger partial charge < -0.3 is 14.8 Å². The molecule has 2 aromatic carbocycles. The van der Waals surface area contributed by atoms with Crippen LogP contribution in [0.4, 0.5) is 21.9 Å². The topological polar surface area (TPSA) is 109 Å². The van der Waals surface area contributed by atoms with E-state index in [0.29, 0.717) is 31.1 Å². The number of amides is 1. The highest BCUT2D eigenvalue weighted by atomic mass is 127. The van der Waals surface area contributed by atoms with Gasteiger partial charge in [0.15, 0.2) is 0 Å². The van der Waals surface area contributed by atoms with E-state index in [9.17, 15) is 14.9 Å². The van der Waals surface area contributed by atoms with E-state index in [-0.39, 0.29) is 5.69 Å². The molecular weight excluding hydrogens is 565 g/mol. The van der Waals surface area contributed by atoms with Crippen LogP contribution in [0.15, 0.2) is 42.5 Å². The van der Waals surface area contributed by atoms with Crippen LogP contribution in [-0.2, 0) is 13.0 Å². The highest BCUT2D eigenvalue weighted by Crippen LogP contribution is 2.49. The van der Waals surface area contributed by atoms with Gasteiger partial charge in [0, 0.05) is 37.8 Å². The molecule has 2 N–H and O–H groups in total. The average Bonchev–Trinajstić information content (AvgIpc) is 3.12. The van der Waals surface area contributed by atoms with Crippen LogP contribution in [0, 0.1) is 10.1 Å². The second-order valence-corrected chi connectivity index (χ2v) is 11.1. The lowest BCUT2D eigenvalue weighted by molar-refractivity contribution is -0.383. The van der Waals surface area contributed by atoms with Gasteiger partial charge >= 0.3 is 6.09 Å². The first-order valence-corrected chi connectivity index (χ1v) is 12.6. The summed E-state index contributed by atoms with van der Waals surface area (Å²) < 4.78 is 10.1. The molecule has 0 saturated carbocycles. The number of morpholine rings is 1. The van der Waals surface area contributed by atoms with Crippen molar-refractivity contribution in [3.05, 3.63) is 63.7 Å². The molecule has 10 nitrogen and oxygen atoms in total. The summed E-state index contributed by atoms with van der Waals surface area (Å²) in [5.74, 6) is 0. The lowest BCUT2D eigenvalue weighted by Gasteiger charge is -2.28. The van der Waals surface area contributed by atoms with Crippen LogP contribution >= 0.6 is 22.6 Å². The van der Waals surface area contributed by atoms with Crippen molar-refractivity contribution in [1.82, 2.24) is 10.3 Å². The first-order valence-electron chi connectivity index (χ1n) is 11.5. The Morgan fingerprint density at radius 3 is 2.57 bits per heavy atom. The van der Waals surface area contributed by atoms with Crippen molar-refractivity contribution < 1.29 is 19.2 Å². The Labute approximate surface area is 218 Å². The van der Waals surface area contributed by atoms with Gasteiger partial charge in [0.2, 0.25) is 0 Å². The number of nitrogens with zero attached hydrogens (tertiary/aromatic N) is 3. The number of ether oxygens (including phenoxy) is 2. The Kier molecular flexibility index (Phi) is 7.50. The van der Waals surface area contributed by atoms with Crippen LogP contribution in [0.2, 0.25) is 0 Å². The molecule has 1 fully saturated rings. The summed E-state index contributed by atoms with van der Waals surface area (Å²) in [7, 11) is 0. The van der Waals surface area contributed by atoms with Crippen LogP contribution in [0.25, 0.3) is 0 Å². The van der Waals surface area contributed by atoms with Gasteiger partial charge in [0.25, 0.3) is 5.69 Å². The number of fused-ring (bicyclic) bond motifs is 1. The van der Waals surface area contributed by atoms with Crippen molar-refractivity contribution in [2.24, 2.45) is 0 Å². The molecule has 0 aliphatic carbocycles. The normalized spacial score (nSPS) is 20.4. The minimum absolute atomic E-state index is 0.102. The maximum Gasteiger partial charge on any atom is 0.429 e. The van der Waals surface area contributed by atoms with Crippen molar-refractivity contribution in [2.45, 2.75) is 29.9 Å². The van der Waals surface area contributed by atoms with Crippen molar-refractivity contribution in [3.8, 4) is 0 Å². The zero-order valence-corrected chi connectivity index (χ0v) is 22.2. The third kappa shape index (κ3) is 5.68. The van der Waals surface area contributed by atoms with Crippen LogP contribution in [-0.4, -0.2) is 60.9 Å². The van der Waals surface area contributed by atoms with Gasteiger partial charge in [-0.3, -0.25) is 15.0 Å². The van der Waals surface area contributed by atoms with E-state index in [0.717, 1.165) is 30.8 Å². The fourth-order valence-corrected chi connectivity index (χ4v) is 5.15. The number of hydrogen-bond acceptors (Lipinski definition) is 8. The molecule has 1 atom stereocenters. The fourth-order valence-electron chi connectivity index (χ4n) is 4.12. The summed E-state index contributed by atoms with van der Waals surface area (Å²) in [5.41, 5.74) is 4.85. The number of carbonyl (C=O) groups excluding carboxylic acids is 1. The Morgan fingerprint density at radius 1 is 1.26 bits per heavy atom. The van der Waals surface area contributed by atoms with Gasteiger partial charge in [0.1, 0.15) is 14.8 Å². The SMILES string of the molecule is CC(C)(C)OC(=O)N1NC(I)(c2ccccc2)c2cc(NCCN3CCOCC3)c([N+](=O)[O-])cc21. The van der Waals surface area contributed by atoms with Crippen molar-refractivity contribution in [1.29, 1.82) is 0 Å². The van der Waals surface area contributed by atoms with Crippen molar-refractivity contribution in [2.75, 3.05) is 49.7 Å². The van der Waals surface area contributed by atoms with Crippen molar-refractivity contribution >= 4 is 45.7 Å². The second kappa shape index (κ2) is 10.2. The number of nitrogens with one attached hydrogen (secondary N) is 2. The molecule has 2 heterocycles. The fraction of sp³-hybridized carbons (Fsp3) is 0.458. The van der Waals surface area contributed by atoms with Crippen LogP contribution < -0.4 is 15.8 Å². The highest BCUT2D eigenvalue weighted by Gasteiger charge is 2.46. The third-order valence-electron chi connectivity index (χ3n) is 5.78. The number of anilines is 2. The molecule has 0 radical (unpaired) electrons. The number of hydrogen-bond donors (Lipinski definition) is 2. The predicted octanol–water partition coefficient (Wildman–Crippen LogP) is 4.23. The summed E-state index contributed by atoms with van der Waals surface area (Å²) in [6.45, 7) is 9.69. The van der Waals surface area contributed by atoms with E-state index in [1.807, 2.05) is 30.3 Å². The van der Waals surface area contributed by atoms with Gasteiger partial charge in [-0.1, -0.05) is 30.3 Å². The summed E-state index contributed by atoms with van der Waals surface area (Å²) in [6.07, 6.45) is -0.629. The summed E-state index contributed by atoms with van der Waals surface area (Å²) in [5, 5.41) is 16.5. The quantitative estimate of drug-likeness (QED) is 0.168. The standard InChI is InChI=1S/C24H30IN5O5/c1-23(2,3)35-22(31)29-20-16-21(30(32)33)19(26-9-10-28-11-13-34-14-12-28)15-18(20)24(25,27-29)17-7-5-4-6-8-17/h4-8,15-16,26-27H,9-14H2,1-3H3. The maximum atomic E-state index is 13.1. The minimum atomic E-state index is -0.832. The number of halogens is 1. The van der Waals surface area contributed by atoms with Crippen LogP contribution in [0.3, 0.4) is 0 Å². The summed E-state index contributed by atoms with van der Waals surface area (Å²) in [4.78, 5) is 26.9. The predicted molar refractivity (Wildman–Crippen MR) is 142 cm³/mol. The third-order valence-corrected chi connectivity index (χ3v) is 7.23. The molecule has 1 saturated heterocycles. The molecule has 35 heavy (non-hydrogen) atoms. The first kappa shape index (κ1) is 25.6. The number of hydrazine groups is 1. The minimum Gasteiger partial charge on any atom is -0.442 e. The molecule has 2 aromatic rings. The number of nitro benzene ring substituents is 1. The Morgan fingerprint density at radius 2 is 1.94 bits per heavy atom. The molecule has 2 aliphatic rings. The Bertz CT molecular complexity index is 1090. The molecule has 188 valence electrons. The van der Waals surface area contributed by atoms with E-state index in [2.05, 4.69) is 38.2 Å². The molecule has 4 rings (SSSR count). The molecular formula is C24H30IN5O5. The lowest BCUT2D eigenvalue weighted by Crippen LogP contribution is -2.48. The van der Waals surface area contributed by atoms with Gasteiger partial charge in [-0.2, -0.15) is 5.43 Å². The first-order chi connectivity index (χ1) is 16.6. The number of alkyl halides is 1. The molecule has 11 heteroatoms. The second-order valence-electron chi connectivity index (χ2n) is 9.48. The summed E-state index contributed by atoms with van der Waals surface area (Å²) >= 11 is 2.25. The van der Waals surface area contributed by atoms with Gasteiger partial charge in [-0.05, 0) is 55.0 Å². The molecule has 2 aliphatic heterocycles. The Balaban J connectivity index is 1.71. The summed E-state index contributed by atoms with van der Waals surface area (Å²) in [6, 6.07) is 12.9. The van der Waals surface area contributed by atoms with Gasteiger partial charge in [-0.15, -0.1) is 0 Å². The van der Waals surface area contributed by atoms with E-state index >= 15 is 0 Å². The Hall–Kier alpha value is -2.48. The monoisotopic (exact) mass is 595 g/mol. The highest BCUT2D eigenvalue weighted by molar-refractivity contribution is 14.1. The molecule has 0 aromatic heterocycles. The number of benzene rings is 2. The number of nitro groups is 1. The number of carbonyl (C=O) groups is 1. The van der Waals surface area contributed by atoms with E-state index < -0.39 is 20.2 Å². The zero-order valence-electron chi connectivity index (χ0n) is 20.0. The van der Waals surface area contributed by atoms with E-state index in [1.54, 1.807) is 26.8 Å². The smallest absolute Gasteiger partial charge is 0.429 e. The average molecular weight is 595 g/mol. The zero-order chi connectivity index (χ0) is 25.2. The number of rotatable bonds is 6. The van der Waals surface area contributed by atoms with Crippen LogP contribution in [0.5, 0.6) is 0 Å². The lowest BCUT2D eigenvalue weighted by atomic mass is 9.98.